The van der Waals surface area contributed by atoms with Crippen LogP contribution in [0, 0.1) is 0 Å². The first kappa shape index (κ1) is 23.2. The number of halogens is 2. The van der Waals surface area contributed by atoms with E-state index in [1.165, 1.54) is 0 Å². The largest absolute Gasteiger partial charge is 0.492 e. The zero-order valence-corrected chi connectivity index (χ0v) is 19.8. The minimum Gasteiger partial charge on any atom is -0.492 e. The summed E-state index contributed by atoms with van der Waals surface area (Å²) in [5.74, 6) is 1.45. The van der Waals surface area contributed by atoms with Gasteiger partial charge in [0.1, 0.15) is 5.75 Å². The topological polar surface area (TPSA) is 69.2 Å². The standard InChI is InChI=1S/C21H24Br2N2O4/c1-4-9-29-20-15(10-16(22)12-17(20)23)13-24-25-21(26)14-7-8-18(27-5-2)19(11-14)28-6-3/h7-8,10-13H,4-6,9H2,1-3H3,(H,25,26)/b24-13+. The highest BCUT2D eigenvalue weighted by Gasteiger charge is 2.12. The molecule has 0 aromatic heterocycles. The minimum absolute atomic E-state index is 0.352. The van der Waals surface area contributed by atoms with Crippen LogP contribution in [-0.2, 0) is 0 Å². The van der Waals surface area contributed by atoms with Crippen molar-refractivity contribution in [2.45, 2.75) is 27.2 Å². The van der Waals surface area contributed by atoms with Crippen LogP contribution < -0.4 is 19.6 Å². The van der Waals surface area contributed by atoms with Crippen LogP contribution in [0.2, 0.25) is 0 Å². The molecule has 0 unspecified atom stereocenters. The lowest BCUT2D eigenvalue weighted by molar-refractivity contribution is 0.0954. The van der Waals surface area contributed by atoms with Gasteiger partial charge in [-0.2, -0.15) is 5.10 Å². The van der Waals surface area contributed by atoms with Gasteiger partial charge in [-0.25, -0.2) is 5.43 Å². The van der Waals surface area contributed by atoms with Crippen molar-refractivity contribution < 1.29 is 19.0 Å². The van der Waals surface area contributed by atoms with Crippen molar-refractivity contribution >= 4 is 44.0 Å². The van der Waals surface area contributed by atoms with Crippen molar-refractivity contribution in [3.63, 3.8) is 0 Å². The molecule has 8 heteroatoms. The Hall–Kier alpha value is -2.06. The number of hydrazone groups is 1. The predicted octanol–water partition coefficient (Wildman–Crippen LogP) is 5.56. The molecule has 0 fully saturated rings. The third-order valence-corrected chi connectivity index (χ3v) is 4.71. The Labute approximate surface area is 187 Å². The Bertz CT molecular complexity index is 872. The molecule has 1 N–H and O–H groups in total. The lowest BCUT2D eigenvalue weighted by Gasteiger charge is -2.12. The van der Waals surface area contributed by atoms with Crippen molar-refractivity contribution in [3.05, 3.63) is 50.4 Å². The Balaban J connectivity index is 2.16. The predicted molar refractivity (Wildman–Crippen MR) is 121 cm³/mol. The van der Waals surface area contributed by atoms with Gasteiger partial charge < -0.3 is 14.2 Å². The van der Waals surface area contributed by atoms with Gasteiger partial charge >= 0.3 is 0 Å². The zero-order valence-electron chi connectivity index (χ0n) is 16.6. The average molecular weight is 528 g/mol. The van der Waals surface area contributed by atoms with E-state index in [-0.39, 0.29) is 5.91 Å². The van der Waals surface area contributed by atoms with E-state index in [0.29, 0.717) is 42.6 Å². The van der Waals surface area contributed by atoms with Gasteiger partial charge in [0.25, 0.3) is 5.91 Å². The summed E-state index contributed by atoms with van der Waals surface area (Å²) in [6.07, 6.45) is 2.44. The molecule has 29 heavy (non-hydrogen) atoms. The van der Waals surface area contributed by atoms with Crippen LogP contribution >= 0.6 is 31.9 Å². The molecule has 156 valence electrons. The molecular formula is C21H24Br2N2O4. The molecule has 0 heterocycles. The number of carbonyl (C=O) groups excluding carboxylic acids is 1. The highest BCUT2D eigenvalue weighted by molar-refractivity contribution is 9.11. The summed E-state index contributed by atoms with van der Waals surface area (Å²) in [7, 11) is 0. The van der Waals surface area contributed by atoms with E-state index < -0.39 is 0 Å². The van der Waals surface area contributed by atoms with Gasteiger partial charge in [0, 0.05) is 15.6 Å². The second-order valence-corrected chi connectivity index (χ2v) is 7.65. The molecule has 0 bridgehead atoms. The molecule has 0 saturated carbocycles. The minimum atomic E-state index is -0.352. The number of hydrogen-bond acceptors (Lipinski definition) is 5. The molecule has 1 amide bonds. The Morgan fingerprint density at radius 3 is 2.45 bits per heavy atom. The van der Waals surface area contributed by atoms with E-state index >= 15 is 0 Å². The number of nitrogens with one attached hydrogen (secondary N) is 1. The van der Waals surface area contributed by atoms with Gasteiger partial charge in [0.05, 0.1) is 30.5 Å². The van der Waals surface area contributed by atoms with Crippen molar-refractivity contribution in [1.82, 2.24) is 5.43 Å². The number of benzene rings is 2. The molecule has 0 radical (unpaired) electrons. The SMILES string of the molecule is CCCOc1c(Br)cc(Br)cc1/C=N/NC(=O)c1ccc(OCC)c(OCC)c1. The number of carbonyl (C=O) groups is 1. The van der Waals surface area contributed by atoms with E-state index in [2.05, 4.69) is 42.4 Å². The summed E-state index contributed by atoms with van der Waals surface area (Å²) in [5, 5.41) is 4.09. The maximum absolute atomic E-state index is 12.5. The zero-order chi connectivity index (χ0) is 21.2. The molecule has 2 rings (SSSR count). The summed E-state index contributed by atoms with van der Waals surface area (Å²) in [6, 6.07) is 8.80. The average Bonchev–Trinajstić information content (AvgIpc) is 2.69. The molecular weight excluding hydrogens is 504 g/mol. The maximum Gasteiger partial charge on any atom is 0.271 e. The molecule has 2 aromatic rings. The lowest BCUT2D eigenvalue weighted by atomic mass is 10.2. The van der Waals surface area contributed by atoms with E-state index in [0.717, 1.165) is 20.9 Å². The number of hydrogen-bond donors (Lipinski definition) is 1. The van der Waals surface area contributed by atoms with Crippen molar-refractivity contribution in [3.8, 4) is 17.2 Å². The summed E-state index contributed by atoms with van der Waals surface area (Å²) >= 11 is 6.95. The fourth-order valence-electron chi connectivity index (χ4n) is 2.45. The van der Waals surface area contributed by atoms with Crippen LogP contribution in [0.3, 0.4) is 0 Å². The normalized spacial score (nSPS) is 10.8. The Kier molecular flexibility index (Phi) is 9.47. The van der Waals surface area contributed by atoms with Crippen LogP contribution in [0.5, 0.6) is 17.2 Å². The summed E-state index contributed by atoms with van der Waals surface area (Å²) in [5.41, 5.74) is 3.70. The van der Waals surface area contributed by atoms with Gasteiger partial charge in [0.2, 0.25) is 0 Å². The molecule has 6 nitrogen and oxygen atoms in total. The third-order valence-electron chi connectivity index (χ3n) is 3.66. The highest BCUT2D eigenvalue weighted by Crippen LogP contribution is 2.32. The smallest absolute Gasteiger partial charge is 0.271 e. The third kappa shape index (κ3) is 6.75. The second kappa shape index (κ2) is 11.8. The van der Waals surface area contributed by atoms with Crippen molar-refractivity contribution in [1.29, 1.82) is 0 Å². The quantitative estimate of drug-likeness (QED) is 0.324. The van der Waals surface area contributed by atoms with Gasteiger partial charge in [-0.3, -0.25) is 4.79 Å². The fourth-order valence-corrected chi connectivity index (χ4v) is 3.82. The van der Waals surface area contributed by atoms with E-state index in [1.54, 1.807) is 24.4 Å². The van der Waals surface area contributed by atoms with Crippen LogP contribution in [0.4, 0.5) is 0 Å². The summed E-state index contributed by atoms with van der Waals surface area (Å²) < 4.78 is 18.6. The van der Waals surface area contributed by atoms with E-state index in [4.69, 9.17) is 14.2 Å². The van der Waals surface area contributed by atoms with Crippen LogP contribution in [0.1, 0.15) is 43.1 Å². The van der Waals surface area contributed by atoms with Crippen molar-refractivity contribution in [2.24, 2.45) is 5.10 Å². The first-order valence-electron chi connectivity index (χ1n) is 9.35. The van der Waals surface area contributed by atoms with Gasteiger partial charge in [-0.15, -0.1) is 0 Å². The molecule has 0 saturated heterocycles. The Morgan fingerprint density at radius 2 is 1.76 bits per heavy atom. The monoisotopic (exact) mass is 526 g/mol. The Morgan fingerprint density at radius 1 is 1.03 bits per heavy atom. The second-order valence-electron chi connectivity index (χ2n) is 5.88. The lowest BCUT2D eigenvalue weighted by Crippen LogP contribution is -2.18. The first-order valence-corrected chi connectivity index (χ1v) is 10.9. The first-order chi connectivity index (χ1) is 14.0. The molecule has 2 aromatic carbocycles. The number of rotatable bonds is 10. The highest BCUT2D eigenvalue weighted by atomic mass is 79.9. The van der Waals surface area contributed by atoms with Crippen LogP contribution in [0.15, 0.2) is 44.4 Å². The maximum atomic E-state index is 12.5. The molecule has 0 aliphatic carbocycles. The van der Waals surface area contributed by atoms with Crippen molar-refractivity contribution in [2.75, 3.05) is 19.8 Å². The van der Waals surface area contributed by atoms with Crippen LogP contribution in [-0.4, -0.2) is 31.9 Å². The molecule has 0 aliphatic heterocycles. The van der Waals surface area contributed by atoms with Gasteiger partial charge in [-0.1, -0.05) is 22.9 Å². The number of amides is 1. The molecule has 0 spiro atoms. The molecule has 0 atom stereocenters. The number of ether oxygens (including phenoxy) is 3. The number of nitrogens with zero attached hydrogens (tertiary/aromatic N) is 1. The molecule has 0 aliphatic rings. The fraction of sp³-hybridized carbons (Fsp3) is 0.333. The van der Waals surface area contributed by atoms with Gasteiger partial charge in [-0.05, 0) is 66.5 Å². The van der Waals surface area contributed by atoms with E-state index in [1.807, 2.05) is 32.9 Å². The summed E-state index contributed by atoms with van der Waals surface area (Å²) in [4.78, 5) is 12.5. The summed E-state index contributed by atoms with van der Waals surface area (Å²) in [6.45, 7) is 7.38. The van der Waals surface area contributed by atoms with Crippen LogP contribution in [0.25, 0.3) is 0 Å². The van der Waals surface area contributed by atoms with Gasteiger partial charge in [0.15, 0.2) is 11.5 Å². The van der Waals surface area contributed by atoms with E-state index in [9.17, 15) is 4.79 Å².